The van der Waals surface area contributed by atoms with Crippen LogP contribution in [0.5, 0.6) is 0 Å². The number of rotatable bonds is 2. The van der Waals surface area contributed by atoms with Crippen molar-refractivity contribution in [3.05, 3.63) is 16.1 Å². The third kappa shape index (κ3) is 2.30. The average molecular weight is 212 g/mol. The predicted molar refractivity (Wildman–Crippen MR) is 58.1 cm³/mol. The number of aromatic nitrogens is 1. The van der Waals surface area contributed by atoms with E-state index in [2.05, 4.69) is 20.6 Å². The highest BCUT2D eigenvalue weighted by Gasteiger charge is 2.18. The first-order valence-corrected chi connectivity index (χ1v) is 5.75. The minimum Gasteiger partial charge on any atom is -0.315 e. The van der Waals surface area contributed by atoms with Gasteiger partial charge in [0.25, 0.3) is 0 Å². The lowest BCUT2D eigenvalue weighted by Gasteiger charge is -2.32. The van der Waals surface area contributed by atoms with Crippen LogP contribution in [0.25, 0.3) is 0 Å². The molecule has 3 N–H and O–H groups in total. The van der Waals surface area contributed by atoms with Crippen molar-refractivity contribution in [3.8, 4) is 0 Å². The van der Waals surface area contributed by atoms with E-state index < -0.39 is 0 Å². The van der Waals surface area contributed by atoms with Crippen molar-refractivity contribution >= 4 is 11.3 Å². The summed E-state index contributed by atoms with van der Waals surface area (Å²) in [5.74, 6) is 0. The van der Waals surface area contributed by atoms with Crippen molar-refractivity contribution in [1.29, 1.82) is 0 Å². The van der Waals surface area contributed by atoms with E-state index >= 15 is 0 Å². The molecule has 0 aliphatic carbocycles. The Kier molecular flexibility index (Phi) is 3.12. The second kappa shape index (κ2) is 4.35. The van der Waals surface area contributed by atoms with Gasteiger partial charge < -0.3 is 11.1 Å². The molecule has 0 radical (unpaired) electrons. The Morgan fingerprint density at radius 1 is 1.79 bits per heavy atom. The molecule has 14 heavy (non-hydrogen) atoms. The highest BCUT2D eigenvalue weighted by Crippen LogP contribution is 2.12. The zero-order valence-corrected chi connectivity index (χ0v) is 9.18. The van der Waals surface area contributed by atoms with Gasteiger partial charge in [-0.1, -0.05) is 0 Å². The molecule has 0 saturated carbocycles. The van der Waals surface area contributed by atoms with E-state index in [1.807, 2.05) is 6.92 Å². The number of hydrogen-bond donors (Lipinski definition) is 2. The lowest BCUT2D eigenvalue weighted by Crippen LogP contribution is -2.55. The van der Waals surface area contributed by atoms with Crippen LogP contribution < -0.4 is 11.1 Å². The summed E-state index contributed by atoms with van der Waals surface area (Å²) in [5, 5.41) is 6.52. The number of hydrogen-bond acceptors (Lipinski definition) is 5. The Bertz CT molecular complexity index is 299. The fourth-order valence-corrected chi connectivity index (χ4v) is 2.41. The van der Waals surface area contributed by atoms with E-state index in [1.165, 1.54) is 5.01 Å². The first-order chi connectivity index (χ1) is 6.75. The summed E-state index contributed by atoms with van der Waals surface area (Å²) in [5.41, 5.74) is 7.08. The van der Waals surface area contributed by atoms with E-state index in [1.54, 1.807) is 11.3 Å². The molecule has 0 aromatic carbocycles. The minimum absolute atomic E-state index is 0.132. The van der Waals surface area contributed by atoms with Crippen molar-refractivity contribution in [2.75, 3.05) is 19.6 Å². The summed E-state index contributed by atoms with van der Waals surface area (Å²) in [6, 6.07) is 0. The molecular formula is C9H16N4S. The molecule has 1 aliphatic heterocycles. The van der Waals surface area contributed by atoms with Crippen molar-refractivity contribution in [1.82, 2.24) is 15.2 Å². The summed E-state index contributed by atoms with van der Waals surface area (Å²) in [6.07, 6.45) is 0.132. The molecule has 1 fully saturated rings. The maximum atomic E-state index is 5.97. The minimum atomic E-state index is 0.132. The Labute approximate surface area is 88.1 Å². The molecule has 0 spiro atoms. The molecule has 4 nitrogen and oxygen atoms in total. The Hall–Kier alpha value is -0.490. The van der Waals surface area contributed by atoms with Crippen LogP contribution >= 0.6 is 11.3 Å². The predicted octanol–water partition coefficient (Wildman–Crippen LogP) is 0.142. The number of nitrogens with one attached hydrogen (secondary N) is 1. The zero-order valence-electron chi connectivity index (χ0n) is 8.36. The van der Waals surface area contributed by atoms with Gasteiger partial charge in [-0.15, -0.1) is 11.3 Å². The average Bonchev–Trinajstić information content (AvgIpc) is 2.56. The number of nitrogens with zero attached hydrogens (tertiary/aromatic N) is 2. The van der Waals surface area contributed by atoms with Crippen molar-refractivity contribution in [2.24, 2.45) is 5.73 Å². The fourth-order valence-electron chi connectivity index (χ4n) is 1.61. The molecule has 1 saturated heterocycles. The topological polar surface area (TPSA) is 54.2 Å². The summed E-state index contributed by atoms with van der Waals surface area (Å²) < 4.78 is 0. The van der Waals surface area contributed by atoms with Crippen LogP contribution in [0, 0.1) is 6.92 Å². The van der Waals surface area contributed by atoms with Gasteiger partial charge in [0.1, 0.15) is 5.01 Å². The fraction of sp³-hybridized carbons (Fsp3) is 0.667. The van der Waals surface area contributed by atoms with Crippen LogP contribution in [0.4, 0.5) is 0 Å². The van der Waals surface area contributed by atoms with Crippen LogP contribution in [0.2, 0.25) is 0 Å². The third-order valence-electron chi connectivity index (χ3n) is 2.40. The SMILES string of the molecule is Cc1csc(CN2CCNCC2N)n1. The Morgan fingerprint density at radius 3 is 3.29 bits per heavy atom. The first kappa shape index (κ1) is 10.0. The highest BCUT2D eigenvalue weighted by molar-refractivity contribution is 7.09. The van der Waals surface area contributed by atoms with Crippen LogP contribution in [0.3, 0.4) is 0 Å². The molecule has 0 amide bonds. The van der Waals surface area contributed by atoms with E-state index in [0.717, 1.165) is 31.9 Å². The maximum Gasteiger partial charge on any atom is 0.107 e. The third-order valence-corrected chi connectivity index (χ3v) is 3.35. The lowest BCUT2D eigenvalue weighted by atomic mass is 10.3. The van der Waals surface area contributed by atoms with Crippen LogP contribution in [-0.4, -0.2) is 35.7 Å². The van der Waals surface area contributed by atoms with E-state index in [9.17, 15) is 0 Å². The van der Waals surface area contributed by atoms with Gasteiger partial charge in [0.05, 0.1) is 12.7 Å². The van der Waals surface area contributed by atoms with Gasteiger partial charge in [0.15, 0.2) is 0 Å². The van der Waals surface area contributed by atoms with Gasteiger partial charge in [-0.25, -0.2) is 4.98 Å². The van der Waals surface area contributed by atoms with Gasteiger partial charge in [-0.2, -0.15) is 0 Å². The molecule has 1 aliphatic rings. The van der Waals surface area contributed by atoms with Crippen LogP contribution in [-0.2, 0) is 6.54 Å². The van der Waals surface area contributed by atoms with E-state index in [0.29, 0.717) is 0 Å². The normalized spacial score (nSPS) is 24.0. The quantitative estimate of drug-likeness (QED) is 0.732. The standard InChI is InChI=1S/C9H16N4S/c1-7-6-14-9(12-7)5-13-3-2-11-4-8(13)10/h6,8,11H,2-5,10H2,1H3. The van der Waals surface area contributed by atoms with E-state index in [-0.39, 0.29) is 6.17 Å². The molecule has 0 bridgehead atoms. The highest BCUT2D eigenvalue weighted by atomic mass is 32.1. The van der Waals surface area contributed by atoms with Gasteiger partial charge in [-0.05, 0) is 6.92 Å². The first-order valence-electron chi connectivity index (χ1n) is 4.87. The van der Waals surface area contributed by atoms with Crippen LogP contribution in [0.15, 0.2) is 5.38 Å². The number of nitrogens with two attached hydrogens (primary N) is 1. The Balaban J connectivity index is 1.95. The summed E-state index contributed by atoms with van der Waals surface area (Å²) in [4.78, 5) is 6.71. The van der Waals surface area contributed by atoms with Crippen molar-refractivity contribution < 1.29 is 0 Å². The summed E-state index contributed by atoms with van der Waals surface area (Å²) in [6.45, 7) is 5.83. The van der Waals surface area contributed by atoms with Gasteiger partial charge in [-0.3, -0.25) is 4.90 Å². The maximum absolute atomic E-state index is 5.97. The van der Waals surface area contributed by atoms with Crippen LogP contribution in [0.1, 0.15) is 10.7 Å². The smallest absolute Gasteiger partial charge is 0.107 e. The molecule has 78 valence electrons. The number of piperazine rings is 1. The molecule has 1 unspecified atom stereocenters. The van der Waals surface area contributed by atoms with Gasteiger partial charge >= 0.3 is 0 Å². The molecule has 1 atom stereocenters. The van der Waals surface area contributed by atoms with Gasteiger partial charge in [0.2, 0.25) is 0 Å². The van der Waals surface area contributed by atoms with Crippen molar-refractivity contribution in [3.63, 3.8) is 0 Å². The van der Waals surface area contributed by atoms with Crippen molar-refractivity contribution in [2.45, 2.75) is 19.6 Å². The molecule has 2 heterocycles. The second-order valence-corrected chi connectivity index (χ2v) is 4.57. The molecular weight excluding hydrogens is 196 g/mol. The number of thiazole rings is 1. The zero-order chi connectivity index (χ0) is 9.97. The largest absolute Gasteiger partial charge is 0.315 e. The number of aryl methyl sites for hydroxylation is 1. The Morgan fingerprint density at radius 2 is 2.64 bits per heavy atom. The van der Waals surface area contributed by atoms with E-state index in [4.69, 9.17) is 5.73 Å². The molecule has 1 aromatic rings. The second-order valence-electron chi connectivity index (χ2n) is 3.62. The monoisotopic (exact) mass is 212 g/mol. The van der Waals surface area contributed by atoms with Gasteiger partial charge in [0, 0.05) is 30.7 Å². The molecule has 2 rings (SSSR count). The molecule has 5 heteroatoms. The molecule has 1 aromatic heterocycles. The summed E-state index contributed by atoms with van der Waals surface area (Å²) >= 11 is 1.72. The lowest BCUT2D eigenvalue weighted by molar-refractivity contribution is 0.157. The summed E-state index contributed by atoms with van der Waals surface area (Å²) in [7, 11) is 0.